The van der Waals surface area contributed by atoms with Crippen molar-refractivity contribution in [2.75, 3.05) is 0 Å². The molecule has 8 heteroatoms. The standard InChI is InChI=1S/C30H34FN3O4/c1-16(2)11-23-28(35)33-26(22-12-18-7-5-6-8-19(18)13-22)30(37)34(23)27(29(36)32-17(3)4)20-9-10-24-21(14-20)15-25(31)38-24/h5-10,14-17,22-23,26-27H,11-13H2,1-4H3,(H,32,36)(H,33,35)/t23-,26-,27-/m1/s1. The Balaban J connectivity index is 1.58. The second-order valence-corrected chi connectivity index (χ2v) is 11.2. The zero-order chi connectivity index (χ0) is 27.1. The van der Waals surface area contributed by atoms with Crippen LogP contribution in [0.1, 0.15) is 56.8 Å². The number of benzene rings is 2. The summed E-state index contributed by atoms with van der Waals surface area (Å²) < 4.78 is 18.9. The van der Waals surface area contributed by atoms with E-state index >= 15 is 0 Å². The molecule has 0 radical (unpaired) electrons. The SMILES string of the molecule is CC(C)C[C@@H]1C(=O)N[C@H](C2Cc3ccccc3C2)C(=O)N1[C@@H](C(=O)NC(C)C)c1ccc2oc(F)cc2c1. The first-order valence-electron chi connectivity index (χ1n) is 13.3. The Morgan fingerprint density at radius 3 is 2.39 bits per heavy atom. The number of nitrogens with one attached hydrogen (secondary N) is 2. The van der Waals surface area contributed by atoms with Gasteiger partial charge in [0, 0.05) is 17.5 Å². The molecule has 1 aliphatic carbocycles. The van der Waals surface area contributed by atoms with E-state index in [0.29, 0.717) is 35.8 Å². The molecular formula is C30H34FN3O4. The lowest BCUT2D eigenvalue weighted by molar-refractivity contribution is -0.158. The maximum atomic E-state index is 14.3. The molecule has 2 heterocycles. The lowest BCUT2D eigenvalue weighted by Gasteiger charge is -2.45. The summed E-state index contributed by atoms with van der Waals surface area (Å²) >= 11 is 0. The minimum atomic E-state index is -1.06. The van der Waals surface area contributed by atoms with E-state index in [1.54, 1.807) is 18.2 Å². The van der Waals surface area contributed by atoms with Gasteiger partial charge in [0.2, 0.25) is 17.7 Å². The summed E-state index contributed by atoms with van der Waals surface area (Å²) in [5, 5.41) is 6.44. The van der Waals surface area contributed by atoms with Crippen molar-refractivity contribution in [2.45, 2.75) is 71.1 Å². The Hall–Kier alpha value is -3.68. The summed E-state index contributed by atoms with van der Waals surface area (Å²) in [6.45, 7) is 7.66. The number of nitrogens with zero attached hydrogens (tertiary/aromatic N) is 1. The Bertz CT molecular complexity index is 1360. The molecule has 0 unspecified atom stereocenters. The summed E-state index contributed by atoms with van der Waals surface area (Å²) in [6.07, 6.45) is 1.76. The van der Waals surface area contributed by atoms with Gasteiger partial charge in [0.25, 0.3) is 6.01 Å². The highest BCUT2D eigenvalue weighted by molar-refractivity contribution is 6.00. The highest BCUT2D eigenvalue weighted by Gasteiger charge is 2.49. The topological polar surface area (TPSA) is 91.7 Å². The molecule has 3 amide bonds. The fourth-order valence-electron chi connectivity index (χ4n) is 5.88. The van der Waals surface area contributed by atoms with Crippen LogP contribution < -0.4 is 10.6 Å². The highest BCUT2D eigenvalue weighted by Crippen LogP contribution is 2.36. The van der Waals surface area contributed by atoms with Crippen LogP contribution in [0.3, 0.4) is 0 Å². The molecule has 1 aliphatic heterocycles. The van der Waals surface area contributed by atoms with Crippen LogP contribution in [0.15, 0.2) is 52.9 Å². The Kier molecular flexibility index (Phi) is 6.99. The molecule has 3 aromatic rings. The second kappa shape index (κ2) is 10.2. The van der Waals surface area contributed by atoms with Crippen LogP contribution in [0.2, 0.25) is 0 Å². The van der Waals surface area contributed by atoms with Gasteiger partial charge in [-0.15, -0.1) is 0 Å². The average Bonchev–Trinajstić information content (AvgIpc) is 3.44. The van der Waals surface area contributed by atoms with Crippen LogP contribution in [0.4, 0.5) is 4.39 Å². The molecule has 7 nitrogen and oxygen atoms in total. The van der Waals surface area contributed by atoms with Crippen molar-refractivity contribution in [3.05, 3.63) is 71.2 Å². The molecule has 2 aliphatic rings. The lowest BCUT2D eigenvalue weighted by atomic mass is 9.87. The van der Waals surface area contributed by atoms with Crippen molar-refractivity contribution in [1.82, 2.24) is 15.5 Å². The fourth-order valence-corrected chi connectivity index (χ4v) is 5.88. The molecule has 1 saturated heterocycles. The van der Waals surface area contributed by atoms with Crippen molar-refractivity contribution in [3.8, 4) is 0 Å². The van der Waals surface area contributed by atoms with Gasteiger partial charge < -0.3 is 20.0 Å². The number of carbonyl (C=O) groups excluding carboxylic acids is 3. The molecule has 0 spiro atoms. The van der Waals surface area contributed by atoms with E-state index in [0.717, 1.165) is 0 Å². The smallest absolute Gasteiger partial charge is 0.278 e. The molecule has 2 aromatic carbocycles. The predicted molar refractivity (Wildman–Crippen MR) is 142 cm³/mol. The van der Waals surface area contributed by atoms with Gasteiger partial charge in [0.05, 0.1) is 0 Å². The Morgan fingerprint density at radius 2 is 1.76 bits per heavy atom. The van der Waals surface area contributed by atoms with Gasteiger partial charge in [-0.2, -0.15) is 4.39 Å². The minimum Gasteiger partial charge on any atom is -0.431 e. The van der Waals surface area contributed by atoms with Crippen molar-refractivity contribution < 1.29 is 23.2 Å². The number of halogens is 1. The molecule has 0 saturated carbocycles. The van der Waals surface area contributed by atoms with Crippen molar-refractivity contribution in [3.63, 3.8) is 0 Å². The van der Waals surface area contributed by atoms with Crippen LogP contribution in [-0.4, -0.2) is 40.7 Å². The maximum Gasteiger partial charge on any atom is 0.278 e. The molecular weight excluding hydrogens is 485 g/mol. The third-order valence-corrected chi connectivity index (χ3v) is 7.49. The summed E-state index contributed by atoms with van der Waals surface area (Å²) in [6, 6.07) is 10.7. The molecule has 2 N–H and O–H groups in total. The Morgan fingerprint density at radius 1 is 1.08 bits per heavy atom. The quantitative estimate of drug-likeness (QED) is 0.487. The van der Waals surface area contributed by atoms with Crippen LogP contribution in [-0.2, 0) is 27.2 Å². The van der Waals surface area contributed by atoms with Gasteiger partial charge in [-0.3, -0.25) is 14.4 Å². The maximum absolute atomic E-state index is 14.3. The number of amides is 3. The van der Waals surface area contributed by atoms with E-state index in [2.05, 4.69) is 22.8 Å². The largest absolute Gasteiger partial charge is 0.431 e. The fraction of sp³-hybridized carbons (Fsp3) is 0.433. The number of furan rings is 1. The first kappa shape index (κ1) is 25.9. The van der Waals surface area contributed by atoms with E-state index < -0.39 is 24.1 Å². The van der Waals surface area contributed by atoms with E-state index in [1.807, 2.05) is 39.8 Å². The number of piperazine rings is 1. The second-order valence-electron chi connectivity index (χ2n) is 11.2. The number of hydrogen-bond acceptors (Lipinski definition) is 4. The monoisotopic (exact) mass is 519 g/mol. The lowest BCUT2D eigenvalue weighted by Crippen LogP contribution is -2.67. The van der Waals surface area contributed by atoms with E-state index in [9.17, 15) is 18.8 Å². The molecule has 1 fully saturated rings. The number of rotatable bonds is 7. The van der Waals surface area contributed by atoms with Gasteiger partial charge in [-0.05, 0) is 73.8 Å². The summed E-state index contributed by atoms with van der Waals surface area (Å²) in [5.74, 6) is -0.903. The van der Waals surface area contributed by atoms with E-state index in [4.69, 9.17) is 4.42 Å². The molecule has 3 atom stereocenters. The van der Waals surface area contributed by atoms with Crippen molar-refractivity contribution >= 4 is 28.7 Å². The van der Waals surface area contributed by atoms with Crippen LogP contribution >= 0.6 is 0 Å². The number of carbonyl (C=O) groups is 3. The summed E-state index contributed by atoms with van der Waals surface area (Å²) in [4.78, 5) is 43.2. The molecule has 200 valence electrons. The summed E-state index contributed by atoms with van der Waals surface area (Å²) in [5.41, 5.74) is 3.20. The first-order valence-corrected chi connectivity index (χ1v) is 13.3. The zero-order valence-corrected chi connectivity index (χ0v) is 22.2. The van der Waals surface area contributed by atoms with E-state index in [-0.39, 0.29) is 35.6 Å². The van der Waals surface area contributed by atoms with Gasteiger partial charge in [-0.1, -0.05) is 44.2 Å². The van der Waals surface area contributed by atoms with Crippen LogP contribution in [0.5, 0.6) is 0 Å². The van der Waals surface area contributed by atoms with Gasteiger partial charge in [0.15, 0.2) is 0 Å². The zero-order valence-electron chi connectivity index (χ0n) is 22.2. The number of fused-ring (bicyclic) bond motifs is 2. The van der Waals surface area contributed by atoms with Gasteiger partial charge >= 0.3 is 0 Å². The highest BCUT2D eigenvalue weighted by atomic mass is 19.1. The first-order chi connectivity index (χ1) is 18.1. The van der Waals surface area contributed by atoms with Gasteiger partial charge in [-0.25, -0.2) is 0 Å². The van der Waals surface area contributed by atoms with Crippen LogP contribution in [0.25, 0.3) is 11.0 Å². The third kappa shape index (κ3) is 4.91. The molecule has 1 aromatic heterocycles. The third-order valence-electron chi connectivity index (χ3n) is 7.49. The minimum absolute atomic E-state index is 0.104. The van der Waals surface area contributed by atoms with Crippen molar-refractivity contribution in [1.29, 1.82) is 0 Å². The molecule has 38 heavy (non-hydrogen) atoms. The van der Waals surface area contributed by atoms with Crippen molar-refractivity contribution in [2.24, 2.45) is 11.8 Å². The van der Waals surface area contributed by atoms with Crippen LogP contribution in [0, 0.1) is 17.8 Å². The van der Waals surface area contributed by atoms with E-state index in [1.165, 1.54) is 22.1 Å². The average molecular weight is 520 g/mol. The molecule has 5 rings (SSSR count). The van der Waals surface area contributed by atoms with Gasteiger partial charge in [0.1, 0.15) is 23.7 Å². The molecule has 0 bridgehead atoms. The normalized spacial score (nSPS) is 20.8. The number of hydrogen-bond donors (Lipinski definition) is 2. The predicted octanol–water partition coefficient (Wildman–Crippen LogP) is 4.29. The summed E-state index contributed by atoms with van der Waals surface area (Å²) in [7, 11) is 0. The Labute approximate surface area is 221 Å².